The van der Waals surface area contributed by atoms with Crippen LogP contribution in [0.15, 0.2) is 24.5 Å². The zero-order chi connectivity index (χ0) is 53.3. The number of carbonyl (C=O) groups is 8. The summed E-state index contributed by atoms with van der Waals surface area (Å²) >= 11 is 4.23. The Morgan fingerprint density at radius 3 is 1.34 bits per heavy atom. The molecule has 1 aromatic rings. The summed E-state index contributed by atoms with van der Waals surface area (Å²) in [7, 11) is 0. The largest absolute Gasteiger partial charge is 0.676 e. The van der Waals surface area contributed by atoms with Crippen LogP contribution >= 0.6 is 19.4 Å². The second kappa shape index (κ2) is 45.3. The summed E-state index contributed by atoms with van der Waals surface area (Å²) in [4.78, 5) is 95.9. The Morgan fingerprint density at radius 1 is 0.648 bits per heavy atom. The molecule has 0 unspecified atom stereocenters. The first-order chi connectivity index (χ1) is 33.1. The van der Waals surface area contributed by atoms with Gasteiger partial charge < -0.3 is 37.3 Å². The van der Waals surface area contributed by atoms with Gasteiger partial charge in [0.1, 0.15) is 11.8 Å². The molecule has 0 aromatic carbocycles. The summed E-state index contributed by atoms with van der Waals surface area (Å²) < 4.78 is 31.5. The molecule has 413 valence electrons. The average molecular weight is 1350 g/mol. The number of aliphatic carboxylic acids is 1. The number of ketones is 1. The fourth-order valence-electron chi connectivity index (χ4n) is 6.09. The zero-order valence-electron chi connectivity index (χ0n) is 40.0. The maximum Gasteiger partial charge on any atom is -0.0548 e. The first kappa shape index (κ1) is 71.9. The van der Waals surface area contributed by atoms with Crippen LogP contribution in [0.2, 0.25) is 0 Å². The van der Waals surface area contributed by atoms with Gasteiger partial charge in [-0.15, -0.1) is 0 Å². The average Bonchev–Trinajstić information content (AvgIpc) is 3.33. The van der Waals surface area contributed by atoms with Gasteiger partial charge >= 0.3 is 41.7 Å². The summed E-state index contributed by atoms with van der Waals surface area (Å²) in [5.41, 5.74) is 15.6. The Kier molecular flexibility index (Phi) is 45.8. The monoisotopic (exact) mass is 1350 g/mol. The number of amides is 6. The van der Waals surface area contributed by atoms with E-state index in [2.05, 4.69) is 56.4 Å². The first-order valence-corrected chi connectivity index (χ1v) is 29.6. The first-order valence-electron chi connectivity index (χ1n) is 23.1. The minimum absolute atomic E-state index is 0. The van der Waals surface area contributed by atoms with E-state index >= 15 is 0 Å². The van der Waals surface area contributed by atoms with Gasteiger partial charge in [-0.25, -0.2) is 15.2 Å². The molecule has 1 aliphatic carbocycles. The predicted octanol–water partition coefficient (Wildman–Crippen LogP) is 5.04. The van der Waals surface area contributed by atoms with Gasteiger partial charge in [0.15, 0.2) is 0 Å². The van der Waals surface area contributed by atoms with Crippen LogP contribution in [0, 0.1) is 0 Å². The summed E-state index contributed by atoms with van der Waals surface area (Å²) in [5, 5.41) is 48.0. The third-order valence-electron chi connectivity index (χ3n) is 10.2. The Labute approximate surface area is 446 Å². The van der Waals surface area contributed by atoms with Crippen LogP contribution in [0.1, 0.15) is 141 Å². The van der Waals surface area contributed by atoms with Crippen LogP contribution in [0.5, 0.6) is 0 Å². The fraction of sp³-hybridized carbons (Fsp3) is 0.705. The molecule has 21 nitrogen and oxygen atoms in total. The van der Waals surface area contributed by atoms with E-state index in [1.54, 1.807) is 12.4 Å². The third kappa shape index (κ3) is 42.8. The molecule has 1 aromatic heterocycles. The van der Waals surface area contributed by atoms with E-state index in [0.717, 1.165) is 18.4 Å². The molecule has 27 heteroatoms. The van der Waals surface area contributed by atoms with E-state index in [4.69, 9.17) is 21.4 Å². The molecular weight excluding hydrogens is 1280 g/mol. The normalized spacial score (nSPS) is 13.6. The van der Waals surface area contributed by atoms with E-state index in [-0.39, 0.29) is 111 Å². The van der Waals surface area contributed by atoms with Crippen LogP contribution in [-0.4, -0.2) is 141 Å². The minimum atomic E-state index is -5.19. The Hall–Kier alpha value is -3.36. The molecule has 2 rings (SSSR count). The van der Waals surface area contributed by atoms with Crippen molar-refractivity contribution in [2.75, 3.05) is 39.3 Å². The van der Waals surface area contributed by atoms with Gasteiger partial charge in [0.05, 0.1) is 0 Å². The molecule has 0 bridgehead atoms. The molecule has 0 spiro atoms. The molecule has 1 saturated carbocycles. The minimum Gasteiger partial charge on any atom is -0.676 e. The second-order valence-electron chi connectivity index (χ2n) is 16.1. The Bertz CT molecular complexity index is 1660. The van der Waals surface area contributed by atoms with Crippen molar-refractivity contribution in [3.63, 3.8) is 0 Å². The standard InChI is InChI=1S/C36H59N7O10.C6H12N2.C2HF3O2.Fe.HI.Pt/c1-29(44)41(51)26-8-2-5-22-39-33(47)15-17-35(49)43(53)28-10-4-7-23-40-34(48)16-18-36(50)42(52)27-9-3-6-21-38-32(46)14-13-31(45)12-11-30-19-24-37-25-20-30;7-5-3-1-2-4-6(5)8;3-2(4,5)1(6)7;;;/h19-20,24-25,51-53H,2-18,21-23,26-28H2,1H3,(H,38,46)(H,39,47)(H,40,48);5-8H,1-4H2;(H,6,7);;1H;/q;-2;;;;+1/p-2/t;5-,6-;;;;/m.1..../s1. The number of halogens is 4. The van der Waals surface area contributed by atoms with Crippen molar-refractivity contribution in [3.8, 4) is 0 Å². The van der Waals surface area contributed by atoms with Crippen LogP contribution in [-0.2, 0) is 78.0 Å². The topological polar surface area (TPSA) is 327 Å². The number of carboxylic acids is 1. The van der Waals surface area contributed by atoms with E-state index in [9.17, 15) is 62.4 Å². The number of unbranched alkanes of at least 4 members (excludes halogenated alkanes) is 6. The van der Waals surface area contributed by atoms with E-state index in [0.29, 0.717) is 105 Å². The third-order valence-corrected chi connectivity index (χ3v) is 10.2. The van der Waals surface area contributed by atoms with E-state index in [1.807, 2.05) is 12.1 Å². The molecule has 2 atom stereocenters. The summed E-state index contributed by atoms with van der Waals surface area (Å²) in [6.45, 7) is 2.87. The number of aromatic nitrogens is 1. The molecule has 71 heavy (non-hydrogen) atoms. The zero-order valence-corrected chi connectivity index (χ0v) is 45.6. The number of pyridine rings is 1. The molecule has 6 amide bonds. The molecule has 1 heterocycles. The van der Waals surface area contributed by atoms with Gasteiger partial charge in [-0.3, -0.25) is 54.2 Å². The number of hydroxylamine groups is 6. The number of carboxylic acid groups (broad SMARTS) is 1. The summed E-state index contributed by atoms with van der Waals surface area (Å²) in [6.07, 6.45) is 8.79. The number of nitrogens with one attached hydrogen (secondary N) is 5. The van der Waals surface area contributed by atoms with Gasteiger partial charge in [-0.1, -0.05) is 25.7 Å². The molecule has 8 N–H and O–H groups in total. The number of nitrogens with zero attached hydrogens (tertiary/aromatic N) is 4. The van der Waals surface area contributed by atoms with Gasteiger partial charge in [0.25, 0.3) is 0 Å². The summed E-state index contributed by atoms with van der Waals surface area (Å²) in [5.74, 6) is -5.37. The number of aryl methyl sites for hydroxylation is 1. The van der Waals surface area contributed by atoms with Gasteiger partial charge in [-0.2, -0.15) is 25.3 Å². The Balaban J connectivity index is -0.00000216. The predicted molar refractivity (Wildman–Crippen MR) is 252 cm³/mol. The van der Waals surface area contributed by atoms with Crippen LogP contribution in [0.4, 0.5) is 13.2 Å². The van der Waals surface area contributed by atoms with Crippen molar-refractivity contribution in [2.24, 2.45) is 0 Å². The van der Waals surface area contributed by atoms with Crippen molar-refractivity contribution in [1.29, 1.82) is 0 Å². The quantitative estimate of drug-likeness (QED) is 0.0194. The fourth-order valence-corrected chi connectivity index (χ4v) is 6.09. The van der Waals surface area contributed by atoms with Crippen LogP contribution in [0.25, 0.3) is 11.5 Å². The molecule has 1 aliphatic rings. The number of carbonyl (C=O) groups excluding carboxylic acids is 8. The van der Waals surface area contributed by atoms with Crippen molar-refractivity contribution in [2.45, 2.75) is 160 Å². The van der Waals surface area contributed by atoms with Crippen molar-refractivity contribution in [1.82, 2.24) is 36.1 Å². The SMILES string of the molecule is CC(=O)N(O)CCCCCNC(=O)CCC(=O)N(O)CCCCCNC(=O)CCC(=O)N(O)CCCCCNC(=O)CCC(=O)CCc1ccncc1.O=C([O-])C(F)(F)F.[Fe].[I][Pt].[NH-][C@@H]1CCCC[C@H]1[NH-]. The maximum atomic E-state index is 12.2. The summed E-state index contributed by atoms with van der Waals surface area (Å²) in [6, 6.07) is 3.56. The number of rotatable bonds is 30. The molecular formula is C44H71F3FeIN9O12Pt-3. The number of alkyl halides is 3. The Morgan fingerprint density at radius 2 is 1.00 bits per heavy atom. The molecule has 0 saturated heterocycles. The van der Waals surface area contributed by atoms with Crippen molar-refractivity contribution in [3.05, 3.63) is 41.6 Å². The van der Waals surface area contributed by atoms with Gasteiger partial charge in [0.2, 0.25) is 35.4 Å². The number of hydrogen-bond acceptors (Lipinski definition) is 13. The molecule has 0 radical (unpaired) electrons. The van der Waals surface area contributed by atoms with Gasteiger partial charge in [-0.05, 0) is 81.9 Å². The number of hydrogen-bond donors (Lipinski definition) is 6. The maximum absolute atomic E-state index is 12.2. The van der Waals surface area contributed by atoms with Gasteiger partial charge in [0, 0.05) is 121 Å². The molecule has 1 fully saturated rings. The van der Waals surface area contributed by atoms with E-state index in [1.165, 1.54) is 19.8 Å². The number of Topliss-reactive ketones (excluding diaryl/α,β-unsaturated/α-hetero) is 1. The second-order valence-corrected chi connectivity index (χ2v) is 16.1. The van der Waals surface area contributed by atoms with Crippen LogP contribution < -0.4 is 21.1 Å². The van der Waals surface area contributed by atoms with Crippen LogP contribution in [0.3, 0.4) is 0 Å². The smallest absolute Gasteiger partial charge is 0.0548 e. The molecule has 0 aliphatic heterocycles. The van der Waals surface area contributed by atoms with E-state index < -0.39 is 29.9 Å². The van der Waals surface area contributed by atoms with Crippen molar-refractivity contribution >= 4 is 66.5 Å². The van der Waals surface area contributed by atoms with Crippen molar-refractivity contribution < 1.29 is 105 Å².